The third-order valence-corrected chi connectivity index (χ3v) is 6.47. The Labute approximate surface area is 213 Å². The standard InChI is InChI=1S/C29H33N5O2/c1-20(2)29(35)33-26-9-8-24(17-25(26)18-30)27-10-11-31-28(32-27)16-22-4-6-23(7-5-22)21(3)19-34-12-14-36-15-13-34/h4-11,17,20-21H,12-16,19H2,1-3H3,(H,33,35). The largest absolute Gasteiger partial charge is 0.379 e. The second-order valence-electron chi connectivity index (χ2n) is 9.61. The first-order chi connectivity index (χ1) is 17.4. The van der Waals surface area contributed by atoms with E-state index in [2.05, 4.69) is 52.5 Å². The molecule has 1 unspecified atom stereocenters. The molecular formula is C29H33N5O2. The molecule has 1 aliphatic rings. The average molecular weight is 484 g/mol. The summed E-state index contributed by atoms with van der Waals surface area (Å²) in [5.41, 5.74) is 4.95. The van der Waals surface area contributed by atoms with E-state index in [0.717, 1.165) is 55.5 Å². The maximum Gasteiger partial charge on any atom is 0.226 e. The number of ether oxygens (including phenoxy) is 1. The SMILES string of the molecule is CC(C)C(=O)Nc1ccc(-c2ccnc(Cc3ccc(C(C)CN4CCOCC4)cc3)n2)cc1C#N. The van der Waals surface area contributed by atoms with Crippen molar-refractivity contribution in [2.24, 2.45) is 5.92 Å². The molecule has 2 aromatic carbocycles. The molecule has 1 atom stereocenters. The lowest BCUT2D eigenvalue weighted by Crippen LogP contribution is -2.38. The fraction of sp³-hybridized carbons (Fsp3) is 0.379. The normalized spacial score (nSPS) is 14.9. The topological polar surface area (TPSA) is 91.1 Å². The van der Waals surface area contributed by atoms with Gasteiger partial charge in [0.1, 0.15) is 11.9 Å². The number of hydrogen-bond donors (Lipinski definition) is 1. The maximum absolute atomic E-state index is 12.1. The number of amides is 1. The van der Waals surface area contributed by atoms with Crippen LogP contribution in [0.25, 0.3) is 11.3 Å². The number of nitriles is 1. The van der Waals surface area contributed by atoms with Crippen LogP contribution in [-0.4, -0.2) is 53.6 Å². The quantitative estimate of drug-likeness (QED) is 0.502. The van der Waals surface area contributed by atoms with Gasteiger partial charge in [-0.2, -0.15) is 5.26 Å². The molecule has 7 nitrogen and oxygen atoms in total. The van der Waals surface area contributed by atoms with Crippen molar-refractivity contribution in [2.45, 2.75) is 33.1 Å². The van der Waals surface area contributed by atoms with Crippen molar-refractivity contribution in [3.05, 3.63) is 77.2 Å². The van der Waals surface area contributed by atoms with Crippen molar-refractivity contribution >= 4 is 11.6 Å². The summed E-state index contributed by atoms with van der Waals surface area (Å²) < 4.78 is 5.45. The van der Waals surface area contributed by atoms with E-state index in [1.54, 1.807) is 18.3 Å². The highest BCUT2D eigenvalue weighted by Crippen LogP contribution is 2.25. The molecule has 3 aromatic rings. The molecule has 1 fully saturated rings. The molecule has 0 spiro atoms. The van der Waals surface area contributed by atoms with Gasteiger partial charge in [-0.25, -0.2) is 9.97 Å². The van der Waals surface area contributed by atoms with Gasteiger partial charge in [-0.3, -0.25) is 9.69 Å². The molecule has 1 amide bonds. The smallest absolute Gasteiger partial charge is 0.226 e. The van der Waals surface area contributed by atoms with Gasteiger partial charge in [0.15, 0.2) is 0 Å². The molecule has 7 heteroatoms. The Morgan fingerprint density at radius 3 is 2.56 bits per heavy atom. The molecule has 1 aliphatic heterocycles. The molecular weight excluding hydrogens is 450 g/mol. The summed E-state index contributed by atoms with van der Waals surface area (Å²) >= 11 is 0. The van der Waals surface area contributed by atoms with Crippen LogP contribution in [0.15, 0.2) is 54.7 Å². The minimum Gasteiger partial charge on any atom is -0.379 e. The Morgan fingerprint density at radius 2 is 1.86 bits per heavy atom. The van der Waals surface area contributed by atoms with Crippen molar-refractivity contribution in [2.75, 3.05) is 38.2 Å². The maximum atomic E-state index is 12.1. The highest BCUT2D eigenvalue weighted by molar-refractivity contribution is 5.93. The molecule has 0 saturated carbocycles. The van der Waals surface area contributed by atoms with Gasteiger partial charge in [-0.05, 0) is 35.2 Å². The van der Waals surface area contributed by atoms with E-state index in [4.69, 9.17) is 9.72 Å². The number of nitrogens with one attached hydrogen (secondary N) is 1. The predicted molar refractivity (Wildman–Crippen MR) is 141 cm³/mol. The summed E-state index contributed by atoms with van der Waals surface area (Å²) in [4.78, 5) is 23.7. The molecule has 0 bridgehead atoms. The molecule has 36 heavy (non-hydrogen) atoms. The Bertz CT molecular complexity index is 1230. The van der Waals surface area contributed by atoms with Gasteiger partial charge in [0.2, 0.25) is 5.91 Å². The lowest BCUT2D eigenvalue weighted by Gasteiger charge is -2.29. The molecule has 1 N–H and O–H groups in total. The van der Waals surface area contributed by atoms with Crippen LogP contribution in [0.2, 0.25) is 0 Å². The Morgan fingerprint density at radius 1 is 1.11 bits per heavy atom. The second kappa shape index (κ2) is 11.9. The van der Waals surface area contributed by atoms with E-state index in [1.165, 1.54) is 5.56 Å². The summed E-state index contributed by atoms with van der Waals surface area (Å²) in [6, 6.07) is 18.1. The Balaban J connectivity index is 1.44. The molecule has 0 aliphatic carbocycles. The fourth-order valence-corrected chi connectivity index (χ4v) is 4.25. The first-order valence-electron chi connectivity index (χ1n) is 12.5. The summed E-state index contributed by atoms with van der Waals surface area (Å²) in [6.45, 7) is 10.6. The van der Waals surface area contributed by atoms with Crippen LogP contribution in [0.3, 0.4) is 0 Å². The highest BCUT2D eigenvalue weighted by Gasteiger charge is 2.15. The van der Waals surface area contributed by atoms with Crippen LogP contribution < -0.4 is 5.32 Å². The first kappa shape index (κ1) is 25.5. The van der Waals surface area contributed by atoms with E-state index in [1.807, 2.05) is 26.0 Å². The molecule has 4 rings (SSSR count). The second-order valence-corrected chi connectivity index (χ2v) is 9.61. The molecule has 186 valence electrons. The van der Waals surface area contributed by atoms with Crippen molar-refractivity contribution in [1.29, 1.82) is 5.26 Å². The number of carbonyl (C=O) groups is 1. The van der Waals surface area contributed by atoms with Gasteiger partial charge in [-0.1, -0.05) is 51.1 Å². The number of morpholine rings is 1. The van der Waals surface area contributed by atoms with E-state index < -0.39 is 0 Å². The van der Waals surface area contributed by atoms with Crippen molar-refractivity contribution in [3.63, 3.8) is 0 Å². The van der Waals surface area contributed by atoms with Crippen molar-refractivity contribution in [3.8, 4) is 17.3 Å². The first-order valence-corrected chi connectivity index (χ1v) is 12.5. The summed E-state index contributed by atoms with van der Waals surface area (Å²) in [5, 5.41) is 12.4. The van der Waals surface area contributed by atoms with E-state index in [-0.39, 0.29) is 11.8 Å². The third kappa shape index (κ3) is 6.54. The number of carbonyl (C=O) groups excluding carboxylic acids is 1. The van der Waals surface area contributed by atoms with Crippen LogP contribution in [0.5, 0.6) is 0 Å². The number of rotatable bonds is 8. The average Bonchev–Trinajstić information content (AvgIpc) is 2.90. The van der Waals surface area contributed by atoms with Gasteiger partial charge in [0, 0.05) is 43.7 Å². The fourth-order valence-electron chi connectivity index (χ4n) is 4.25. The minimum atomic E-state index is -0.164. The zero-order valence-electron chi connectivity index (χ0n) is 21.2. The van der Waals surface area contributed by atoms with Crippen LogP contribution in [0.1, 0.15) is 49.2 Å². The lowest BCUT2D eigenvalue weighted by atomic mass is 9.98. The molecule has 1 saturated heterocycles. The van der Waals surface area contributed by atoms with Gasteiger partial charge in [0.05, 0.1) is 30.2 Å². The van der Waals surface area contributed by atoms with Gasteiger partial charge >= 0.3 is 0 Å². The summed E-state index contributed by atoms with van der Waals surface area (Å²) in [5.74, 6) is 0.893. The molecule has 0 radical (unpaired) electrons. The number of benzene rings is 2. The number of hydrogen-bond acceptors (Lipinski definition) is 6. The van der Waals surface area contributed by atoms with Crippen molar-refractivity contribution in [1.82, 2.24) is 14.9 Å². The Hall–Kier alpha value is -3.60. The highest BCUT2D eigenvalue weighted by atomic mass is 16.5. The lowest BCUT2D eigenvalue weighted by molar-refractivity contribution is -0.118. The summed E-state index contributed by atoms with van der Waals surface area (Å²) in [6.07, 6.45) is 2.37. The Kier molecular flexibility index (Phi) is 8.42. The number of anilines is 1. The van der Waals surface area contributed by atoms with Crippen LogP contribution in [0.4, 0.5) is 5.69 Å². The predicted octanol–water partition coefficient (Wildman–Crippen LogP) is 4.64. The zero-order chi connectivity index (χ0) is 25.5. The molecule has 1 aromatic heterocycles. The van der Waals surface area contributed by atoms with Crippen LogP contribution in [0, 0.1) is 17.2 Å². The van der Waals surface area contributed by atoms with Gasteiger partial charge in [-0.15, -0.1) is 0 Å². The summed E-state index contributed by atoms with van der Waals surface area (Å²) in [7, 11) is 0. The van der Waals surface area contributed by atoms with Crippen LogP contribution in [-0.2, 0) is 16.0 Å². The third-order valence-electron chi connectivity index (χ3n) is 6.47. The molecule has 2 heterocycles. The van der Waals surface area contributed by atoms with Crippen LogP contribution >= 0.6 is 0 Å². The van der Waals surface area contributed by atoms with E-state index in [0.29, 0.717) is 23.6 Å². The number of nitrogens with zero attached hydrogens (tertiary/aromatic N) is 4. The van der Waals surface area contributed by atoms with Gasteiger partial charge in [0.25, 0.3) is 0 Å². The zero-order valence-corrected chi connectivity index (χ0v) is 21.2. The number of aromatic nitrogens is 2. The van der Waals surface area contributed by atoms with E-state index >= 15 is 0 Å². The monoisotopic (exact) mass is 483 g/mol. The van der Waals surface area contributed by atoms with Crippen molar-refractivity contribution < 1.29 is 9.53 Å². The van der Waals surface area contributed by atoms with Gasteiger partial charge < -0.3 is 10.1 Å². The van der Waals surface area contributed by atoms with E-state index in [9.17, 15) is 10.1 Å². The minimum absolute atomic E-state index is 0.120.